The molecule has 0 aromatic heterocycles. The second kappa shape index (κ2) is 11.6. The number of hydrazine groups is 1. The van der Waals surface area contributed by atoms with E-state index < -0.39 is 33.4 Å². The van der Waals surface area contributed by atoms with Crippen LogP contribution in [0.25, 0.3) is 0 Å². The topological polar surface area (TPSA) is 120 Å². The van der Waals surface area contributed by atoms with Crippen molar-refractivity contribution in [3.63, 3.8) is 0 Å². The third-order valence-electron chi connectivity index (χ3n) is 6.78. The van der Waals surface area contributed by atoms with E-state index in [1.54, 1.807) is 4.90 Å². The van der Waals surface area contributed by atoms with Crippen molar-refractivity contribution in [2.24, 2.45) is 17.8 Å². The first-order valence-electron chi connectivity index (χ1n) is 11.4. The van der Waals surface area contributed by atoms with E-state index in [-0.39, 0.29) is 36.1 Å². The van der Waals surface area contributed by atoms with Gasteiger partial charge in [-0.05, 0) is 44.6 Å². The largest absolute Gasteiger partial charge is 0.375 e. The van der Waals surface area contributed by atoms with Gasteiger partial charge < -0.3 is 9.64 Å². The summed E-state index contributed by atoms with van der Waals surface area (Å²) in [5.41, 5.74) is 2.20. The maximum atomic E-state index is 14.8. The SMILES string of the molecule is COCC(=O)N1CCCC(CS(=O)(=O)NNC(=O)C2CC(C3CN(C)CN3)CC(Cl)C2F)C1. The Hall–Kier alpha value is -1.05. The molecule has 3 aliphatic rings. The zero-order valence-electron chi connectivity index (χ0n) is 19.1. The highest BCUT2D eigenvalue weighted by atomic mass is 35.5. The second-order valence-corrected chi connectivity index (χ2v) is 11.8. The standard InChI is InChI=1S/C20H35ClFN5O5S/c1-26-9-17(23-12-26)14-6-15(19(22)16(21)7-14)20(29)24-25-33(30,31)11-13-4-3-5-27(8-13)18(28)10-32-2/h13-17,19,23,25H,3-12H2,1-2H3,(H,24,29). The first-order valence-corrected chi connectivity index (χ1v) is 13.4. The van der Waals surface area contributed by atoms with E-state index in [1.165, 1.54) is 7.11 Å². The lowest BCUT2D eigenvalue weighted by molar-refractivity contribution is -0.136. The summed E-state index contributed by atoms with van der Waals surface area (Å²) in [7, 11) is -0.461. The van der Waals surface area contributed by atoms with Crippen LogP contribution in [0.5, 0.6) is 0 Å². The third kappa shape index (κ3) is 7.22. The van der Waals surface area contributed by atoms with Gasteiger partial charge in [-0.2, -0.15) is 0 Å². The van der Waals surface area contributed by atoms with E-state index in [4.69, 9.17) is 16.3 Å². The van der Waals surface area contributed by atoms with Crippen molar-refractivity contribution in [2.75, 3.05) is 52.8 Å². The van der Waals surface area contributed by atoms with Gasteiger partial charge in [-0.1, -0.05) is 0 Å². The average Bonchev–Trinajstić information content (AvgIpc) is 3.20. The van der Waals surface area contributed by atoms with Crippen LogP contribution in [0, 0.1) is 17.8 Å². The molecule has 0 bridgehead atoms. The quantitative estimate of drug-likeness (QED) is 0.301. The van der Waals surface area contributed by atoms with Crippen LogP contribution in [-0.4, -0.2) is 100 Å². The Bertz CT molecular complexity index is 806. The molecule has 1 aliphatic carbocycles. The highest BCUT2D eigenvalue weighted by molar-refractivity contribution is 7.89. The fourth-order valence-corrected chi connectivity index (χ4v) is 6.71. The van der Waals surface area contributed by atoms with Crippen LogP contribution in [-0.2, 0) is 24.3 Å². The molecule has 2 heterocycles. The van der Waals surface area contributed by atoms with Gasteiger partial charge in [0.25, 0.3) is 0 Å². The number of carbonyl (C=O) groups is 2. The first-order chi connectivity index (χ1) is 15.6. The number of likely N-dealkylation sites (N-methyl/N-ethyl adjacent to an activating group) is 1. The average molecular weight is 512 g/mol. The molecule has 2 saturated heterocycles. The molecule has 0 radical (unpaired) electrons. The van der Waals surface area contributed by atoms with Gasteiger partial charge >= 0.3 is 0 Å². The highest BCUT2D eigenvalue weighted by Gasteiger charge is 2.44. The molecular weight excluding hydrogens is 477 g/mol. The van der Waals surface area contributed by atoms with Crippen LogP contribution in [0.3, 0.4) is 0 Å². The van der Waals surface area contributed by atoms with Crippen molar-refractivity contribution in [1.82, 2.24) is 25.4 Å². The van der Waals surface area contributed by atoms with Crippen molar-refractivity contribution in [3.05, 3.63) is 0 Å². The Morgan fingerprint density at radius 3 is 2.70 bits per heavy atom. The van der Waals surface area contributed by atoms with Crippen LogP contribution >= 0.6 is 11.6 Å². The molecule has 1 saturated carbocycles. The van der Waals surface area contributed by atoms with Gasteiger partial charge in [0.15, 0.2) is 0 Å². The molecule has 10 nitrogen and oxygen atoms in total. The van der Waals surface area contributed by atoms with Crippen LogP contribution in [0.1, 0.15) is 25.7 Å². The minimum atomic E-state index is -3.87. The molecule has 0 aromatic carbocycles. The molecule has 0 spiro atoms. The van der Waals surface area contributed by atoms with Gasteiger partial charge in [0.05, 0.1) is 17.0 Å². The fraction of sp³-hybridized carbons (Fsp3) is 0.900. The second-order valence-electron chi connectivity index (χ2n) is 9.46. The lowest BCUT2D eigenvalue weighted by Gasteiger charge is -2.37. The van der Waals surface area contributed by atoms with E-state index in [9.17, 15) is 22.4 Å². The van der Waals surface area contributed by atoms with Crippen LogP contribution in [0.15, 0.2) is 0 Å². The van der Waals surface area contributed by atoms with E-state index in [2.05, 4.69) is 20.5 Å². The molecule has 0 aromatic rings. The smallest absolute Gasteiger partial charge is 0.248 e. The number of ether oxygens (including phenoxy) is 1. The number of hydrogen-bond donors (Lipinski definition) is 3. The summed E-state index contributed by atoms with van der Waals surface area (Å²) in [6.45, 7) is 2.34. The molecule has 13 heteroatoms. The number of piperidine rings is 1. The number of carbonyl (C=O) groups excluding carboxylic acids is 2. The molecule has 2 aliphatic heterocycles. The normalized spacial score (nSPS) is 33.8. The number of likely N-dealkylation sites (tertiary alicyclic amines) is 1. The van der Waals surface area contributed by atoms with Crippen molar-refractivity contribution >= 4 is 33.4 Å². The van der Waals surface area contributed by atoms with Gasteiger partial charge in [0, 0.05) is 39.5 Å². The van der Waals surface area contributed by atoms with Crippen LogP contribution in [0.2, 0.25) is 0 Å². The van der Waals surface area contributed by atoms with E-state index in [0.717, 1.165) is 13.2 Å². The summed E-state index contributed by atoms with van der Waals surface area (Å²) < 4.78 is 44.7. The van der Waals surface area contributed by atoms with Crippen LogP contribution < -0.4 is 15.6 Å². The molecule has 3 N–H and O–H groups in total. The van der Waals surface area contributed by atoms with Crippen molar-refractivity contribution in [3.8, 4) is 0 Å². The molecule has 33 heavy (non-hydrogen) atoms. The molecule has 2 amide bonds. The van der Waals surface area contributed by atoms with Crippen molar-refractivity contribution in [2.45, 2.75) is 43.3 Å². The van der Waals surface area contributed by atoms with Crippen molar-refractivity contribution in [1.29, 1.82) is 0 Å². The zero-order valence-corrected chi connectivity index (χ0v) is 20.7. The Labute approximate surface area is 199 Å². The molecule has 6 unspecified atom stereocenters. The van der Waals surface area contributed by atoms with Gasteiger partial charge in [0.1, 0.15) is 12.8 Å². The maximum Gasteiger partial charge on any atom is 0.248 e. The minimum absolute atomic E-state index is 0.0228. The fourth-order valence-electron chi connectivity index (χ4n) is 5.07. The van der Waals surface area contributed by atoms with Gasteiger partial charge in [-0.3, -0.25) is 25.2 Å². The molecule has 190 valence electrons. The zero-order chi connectivity index (χ0) is 24.2. The van der Waals surface area contributed by atoms with Gasteiger partial charge in [-0.25, -0.2) is 12.8 Å². The Kier molecular flexibility index (Phi) is 9.32. The number of alkyl halides is 2. The van der Waals surface area contributed by atoms with Crippen LogP contribution in [0.4, 0.5) is 4.39 Å². The van der Waals surface area contributed by atoms with E-state index in [1.807, 2.05) is 7.05 Å². The third-order valence-corrected chi connectivity index (χ3v) is 8.52. The first kappa shape index (κ1) is 26.6. The Morgan fingerprint density at radius 1 is 1.27 bits per heavy atom. The maximum absolute atomic E-state index is 14.8. The van der Waals surface area contributed by atoms with E-state index in [0.29, 0.717) is 38.8 Å². The summed E-state index contributed by atoms with van der Waals surface area (Å²) in [5.74, 6) is -2.41. The molecular formula is C20H35ClFN5O5S. The number of hydrogen-bond acceptors (Lipinski definition) is 7. The monoisotopic (exact) mass is 511 g/mol. The molecule has 3 fully saturated rings. The number of amides is 2. The Morgan fingerprint density at radius 2 is 2.03 bits per heavy atom. The number of nitrogens with one attached hydrogen (secondary N) is 3. The number of halogens is 2. The van der Waals surface area contributed by atoms with E-state index >= 15 is 0 Å². The lowest BCUT2D eigenvalue weighted by atomic mass is 9.76. The number of sulfonamides is 1. The highest BCUT2D eigenvalue weighted by Crippen LogP contribution is 2.37. The lowest BCUT2D eigenvalue weighted by Crippen LogP contribution is -2.53. The van der Waals surface area contributed by atoms with Crippen molar-refractivity contribution < 1.29 is 27.1 Å². The number of methoxy groups -OCH3 is 1. The summed E-state index contributed by atoms with van der Waals surface area (Å²) in [6, 6.07) is 0.116. The number of rotatable bonds is 8. The minimum Gasteiger partial charge on any atom is -0.375 e. The Balaban J connectivity index is 1.52. The van der Waals surface area contributed by atoms with Gasteiger partial charge in [-0.15, -0.1) is 16.4 Å². The molecule has 6 atom stereocenters. The summed E-state index contributed by atoms with van der Waals surface area (Å²) in [4.78, 5) is 30.5. The predicted octanol–water partition coefficient (Wildman–Crippen LogP) is -0.345. The summed E-state index contributed by atoms with van der Waals surface area (Å²) >= 11 is 6.22. The predicted molar refractivity (Wildman–Crippen MR) is 121 cm³/mol. The molecule has 3 rings (SSSR count). The summed E-state index contributed by atoms with van der Waals surface area (Å²) in [6.07, 6.45) is 0.549. The number of nitrogens with zero attached hydrogens (tertiary/aromatic N) is 2. The summed E-state index contributed by atoms with van der Waals surface area (Å²) in [5, 5.41) is 2.55. The van der Waals surface area contributed by atoms with Gasteiger partial charge in [0.2, 0.25) is 21.8 Å².